The summed E-state index contributed by atoms with van der Waals surface area (Å²) in [5.74, 6) is -0.0596. The summed E-state index contributed by atoms with van der Waals surface area (Å²) in [4.78, 5) is 11.8. The van der Waals surface area contributed by atoms with Crippen LogP contribution in [0.3, 0.4) is 0 Å². The van der Waals surface area contributed by atoms with Crippen molar-refractivity contribution < 1.29 is 13.2 Å². The quantitative estimate of drug-likeness (QED) is 0.774. The van der Waals surface area contributed by atoms with E-state index in [1.165, 1.54) is 4.31 Å². The van der Waals surface area contributed by atoms with Crippen LogP contribution in [-0.4, -0.2) is 33.2 Å². The summed E-state index contributed by atoms with van der Waals surface area (Å²) in [6.07, 6.45) is 2.76. The van der Waals surface area contributed by atoms with E-state index >= 15 is 0 Å². The molecule has 0 aliphatic rings. The molecule has 130 valence electrons. The van der Waals surface area contributed by atoms with E-state index in [-0.39, 0.29) is 24.9 Å². The van der Waals surface area contributed by atoms with Gasteiger partial charge < -0.3 is 5.32 Å². The summed E-state index contributed by atoms with van der Waals surface area (Å²) in [5.41, 5.74) is 1.38. The van der Waals surface area contributed by atoms with E-state index in [1.54, 1.807) is 18.2 Å². The molecule has 0 heterocycles. The van der Waals surface area contributed by atoms with E-state index in [4.69, 9.17) is 11.6 Å². The molecule has 1 rings (SSSR count). The molecule has 7 heteroatoms. The normalized spacial score (nSPS) is 12.7. The van der Waals surface area contributed by atoms with Crippen molar-refractivity contribution in [3.63, 3.8) is 0 Å². The van der Waals surface area contributed by atoms with Gasteiger partial charge in [0.25, 0.3) is 0 Å². The number of anilines is 1. The first-order valence-electron chi connectivity index (χ1n) is 7.68. The molecule has 1 N–H and O–H groups in total. The Morgan fingerprint density at radius 1 is 1.39 bits per heavy atom. The fourth-order valence-electron chi connectivity index (χ4n) is 2.15. The van der Waals surface area contributed by atoms with Crippen LogP contribution < -0.4 is 9.62 Å². The van der Waals surface area contributed by atoms with E-state index in [0.717, 1.165) is 18.2 Å². The van der Waals surface area contributed by atoms with Crippen molar-refractivity contribution in [1.29, 1.82) is 0 Å². The number of amides is 1. The zero-order valence-corrected chi connectivity index (χ0v) is 15.7. The minimum atomic E-state index is -3.44. The summed E-state index contributed by atoms with van der Waals surface area (Å²) < 4.78 is 25.5. The number of sulfonamides is 1. The van der Waals surface area contributed by atoms with Crippen LogP contribution in [0, 0.1) is 6.92 Å². The summed E-state index contributed by atoms with van der Waals surface area (Å²) >= 11 is 5.98. The highest BCUT2D eigenvalue weighted by atomic mass is 35.5. The van der Waals surface area contributed by atoms with Crippen molar-refractivity contribution in [2.75, 3.05) is 17.1 Å². The number of rotatable bonds is 8. The third kappa shape index (κ3) is 6.39. The number of benzene rings is 1. The van der Waals surface area contributed by atoms with Crippen LogP contribution in [0.5, 0.6) is 0 Å². The lowest BCUT2D eigenvalue weighted by atomic mass is 10.2. The molecule has 23 heavy (non-hydrogen) atoms. The molecular weight excluding hydrogens is 336 g/mol. The Hall–Kier alpha value is -1.27. The van der Waals surface area contributed by atoms with Crippen molar-refractivity contribution >= 4 is 33.2 Å². The lowest BCUT2D eigenvalue weighted by Crippen LogP contribution is -2.34. The van der Waals surface area contributed by atoms with Crippen LogP contribution >= 0.6 is 11.6 Å². The van der Waals surface area contributed by atoms with Gasteiger partial charge in [0.15, 0.2) is 0 Å². The van der Waals surface area contributed by atoms with Crippen LogP contribution in [0.2, 0.25) is 5.02 Å². The van der Waals surface area contributed by atoms with Gasteiger partial charge in [-0.25, -0.2) is 8.42 Å². The first-order valence-corrected chi connectivity index (χ1v) is 9.91. The molecule has 1 atom stereocenters. The minimum absolute atomic E-state index is 0.0596. The number of carbonyl (C=O) groups excluding carboxylic acids is 1. The molecule has 0 saturated carbocycles. The Labute approximate surface area is 144 Å². The number of halogens is 1. The summed E-state index contributed by atoms with van der Waals surface area (Å²) in [7, 11) is -3.44. The Kier molecular flexibility index (Phi) is 7.35. The van der Waals surface area contributed by atoms with Gasteiger partial charge >= 0.3 is 0 Å². The van der Waals surface area contributed by atoms with Crippen LogP contribution in [0.25, 0.3) is 0 Å². The average Bonchev–Trinajstić information content (AvgIpc) is 2.45. The van der Waals surface area contributed by atoms with Crippen molar-refractivity contribution in [3.8, 4) is 0 Å². The number of nitrogens with zero attached hydrogens (tertiary/aromatic N) is 1. The third-order valence-electron chi connectivity index (χ3n) is 3.63. The van der Waals surface area contributed by atoms with Crippen molar-refractivity contribution in [2.45, 2.75) is 46.1 Å². The number of carbonyl (C=O) groups is 1. The molecule has 1 aromatic rings. The van der Waals surface area contributed by atoms with Gasteiger partial charge in [-0.15, -0.1) is 0 Å². The SMILES string of the molecule is CC[C@@H](C)NC(=O)CCCN(c1cc(Cl)ccc1C)S(C)(=O)=O. The van der Waals surface area contributed by atoms with Crippen molar-refractivity contribution in [3.05, 3.63) is 28.8 Å². The predicted molar refractivity (Wildman–Crippen MR) is 95.5 cm³/mol. The second-order valence-electron chi connectivity index (χ2n) is 5.75. The molecule has 0 bridgehead atoms. The van der Waals surface area contributed by atoms with E-state index in [2.05, 4.69) is 5.32 Å². The topological polar surface area (TPSA) is 66.5 Å². The molecule has 0 radical (unpaired) electrons. The zero-order chi connectivity index (χ0) is 17.6. The van der Waals surface area contributed by atoms with Crippen LogP contribution in [0.1, 0.15) is 38.7 Å². The van der Waals surface area contributed by atoms with Gasteiger partial charge in [-0.3, -0.25) is 9.10 Å². The molecule has 1 aromatic carbocycles. The zero-order valence-electron chi connectivity index (χ0n) is 14.1. The summed E-state index contributed by atoms with van der Waals surface area (Å²) in [5, 5.41) is 3.35. The van der Waals surface area contributed by atoms with Gasteiger partial charge in [0.05, 0.1) is 11.9 Å². The van der Waals surface area contributed by atoms with E-state index < -0.39 is 10.0 Å². The second-order valence-corrected chi connectivity index (χ2v) is 8.09. The highest BCUT2D eigenvalue weighted by Crippen LogP contribution is 2.26. The third-order valence-corrected chi connectivity index (χ3v) is 5.04. The van der Waals surface area contributed by atoms with Crippen LogP contribution in [0.15, 0.2) is 18.2 Å². The number of hydrogen-bond acceptors (Lipinski definition) is 3. The fourth-order valence-corrected chi connectivity index (χ4v) is 3.33. The molecule has 0 unspecified atom stereocenters. The van der Waals surface area contributed by atoms with Gasteiger partial charge in [0, 0.05) is 24.0 Å². The maximum absolute atomic E-state index is 12.1. The van der Waals surface area contributed by atoms with E-state index in [9.17, 15) is 13.2 Å². The largest absolute Gasteiger partial charge is 0.354 e. The molecule has 1 amide bonds. The van der Waals surface area contributed by atoms with Crippen molar-refractivity contribution in [1.82, 2.24) is 5.32 Å². The minimum Gasteiger partial charge on any atom is -0.354 e. The Balaban J connectivity index is 2.78. The predicted octanol–water partition coefficient (Wildman–Crippen LogP) is 3.11. The average molecular weight is 361 g/mol. The smallest absolute Gasteiger partial charge is 0.232 e. The highest BCUT2D eigenvalue weighted by molar-refractivity contribution is 7.92. The molecule has 0 aromatic heterocycles. The molecule has 0 aliphatic heterocycles. The fraction of sp³-hybridized carbons (Fsp3) is 0.562. The van der Waals surface area contributed by atoms with Crippen LogP contribution in [-0.2, 0) is 14.8 Å². The molecular formula is C16H25ClN2O3S. The molecule has 0 fully saturated rings. The first-order chi connectivity index (χ1) is 10.6. The molecule has 0 aliphatic carbocycles. The summed E-state index contributed by atoms with van der Waals surface area (Å²) in [6.45, 7) is 6.02. The van der Waals surface area contributed by atoms with Gasteiger partial charge in [-0.05, 0) is 44.4 Å². The van der Waals surface area contributed by atoms with Crippen molar-refractivity contribution in [2.24, 2.45) is 0 Å². The maximum atomic E-state index is 12.1. The molecule has 5 nitrogen and oxygen atoms in total. The van der Waals surface area contributed by atoms with Gasteiger partial charge in [0.2, 0.25) is 15.9 Å². The lowest BCUT2D eigenvalue weighted by molar-refractivity contribution is -0.121. The molecule has 0 saturated heterocycles. The highest BCUT2D eigenvalue weighted by Gasteiger charge is 2.19. The first kappa shape index (κ1) is 19.8. The van der Waals surface area contributed by atoms with Gasteiger partial charge in [-0.2, -0.15) is 0 Å². The van der Waals surface area contributed by atoms with Gasteiger partial charge in [0.1, 0.15) is 0 Å². The monoisotopic (exact) mass is 360 g/mol. The number of nitrogens with one attached hydrogen (secondary N) is 1. The standard InChI is InChI=1S/C16H25ClN2O3S/c1-5-13(3)18-16(20)7-6-10-19(23(4,21)22)15-11-14(17)9-8-12(15)2/h8-9,11,13H,5-7,10H2,1-4H3,(H,18,20)/t13-/m1/s1. The number of aryl methyl sites for hydroxylation is 1. The van der Waals surface area contributed by atoms with E-state index in [0.29, 0.717) is 17.1 Å². The lowest BCUT2D eigenvalue weighted by Gasteiger charge is -2.24. The van der Waals surface area contributed by atoms with E-state index in [1.807, 2.05) is 20.8 Å². The Morgan fingerprint density at radius 2 is 2.04 bits per heavy atom. The number of hydrogen-bond donors (Lipinski definition) is 1. The molecule has 0 spiro atoms. The summed E-state index contributed by atoms with van der Waals surface area (Å²) in [6, 6.07) is 5.27. The maximum Gasteiger partial charge on any atom is 0.232 e. The Bertz CT molecular complexity index is 647. The van der Waals surface area contributed by atoms with Gasteiger partial charge in [-0.1, -0.05) is 24.6 Å². The Morgan fingerprint density at radius 3 is 2.61 bits per heavy atom. The second kappa shape index (κ2) is 8.55. The van der Waals surface area contributed by atoms with Crippen LogP contribution in [0.4, 0.5) is 5.69 Å².